The van der Waals surface area contributed by atoms with Gasteiger partial charge < -0.3 is 5.32 Å². The molecule has 1 aliphatic carbocycles. The zero-order valence-corrected chi connectivity index (χ0v) is 11.8. The van der Waals surface area contributed by atoms with E-state index >= 15 is 0 Å². The zero-order chi connectivity index (χ0) is 12.6. The lowest BCUT2D eigenvalue weighted by atomic mass is 9.94. The first-order chi connectivity index (χ1) is 8.06. The average molecular weight is 256 g/mol. The third-order valence-corrected chi connectivity index (χ3v) is 4.06. The van der Waals surface area contributed by atoms with Crippen molar-refractivity contribution in [2.24, 2.45) is 11.8 Å². The molecule has 96 valence electrons. The molecule has 1 fully saturated rings. The minimum atomic E-state index is 0.305. The molecule has 0 amide bonds. The molecule has 2 atom stereocenters. The third-order valence-electron chi connectivity index (χ3n) is 3.77. The lowest BCUT2D eigenvalue weighted by Crippen LogP contribution is -2.28. The van der Waals surface area contributed by atoms with Gasteiger partial charge in [-0.15, -0.1) is 0 Å². The van der Waals surface area contributed by atoms with Gasteiger partial charge in [0, 0.05) is 6.04 Å². The Morgan fingerprint density at radius 3 is 2.53 bits per heavy atom. The molecule has 1 aromatic heterocycles. The zero-order valence-electron chi connectivity index (χ0n) is 11.1. The predicted molar refractivity (Wildman–Crippen MR) is 71.3 cm³/mol. The van der Waals surface area contributed by atoms with Crippen molar-refractivity contribution in [1.82, 2.24) is 15.1 Å². The molecule has 1 N–H and O–H groups in total. The van der Waals surface area contributed by atoms with Crippen molar-refractivity contribution in [3.8, 4) is 0 Å². The van der Waals surface area contributed by atoms with E-state index in [0.29, 0.717) is 18.0 Å². The molecule has 0 bridgehead atoms. The van der Waals surface area contributed by atoms with E-state index in [0.717, 1.165) is 16.6 Å². The van der Waals surface area contributed by atoms with Crippen LogP contribution in [-0.4, -0.2) is 16.8 Å². The largest absolute Gasteiger partial charge is 0.311 e. The molecule has 1 aromatic rings. The minimum absolute atomic E-state index is 0.305. The van der Waals surface area contributed by atoms with Crippen LogP contribution in [0.15, 0.2) is 6.20 Å². The summed E-state index contributed by atoms with van der Waals surface area (Å²) in [6.45, 7) is 6.59. The molecule has 0 aliphatic heterocycles. The van der Waals surface area contributed by atoms with Crippen LogP contribution in [0, 0.1) is 11.8 Å². The van der Waals surface area contributed by atoms with Gasteiger partial charge in [-0.05, 0) is 45.6 Å². The van der Waals surface area contributed by atoms with Crippen molar-refractivity contribution in [2.75, 3.05) is 7.05 Å². The summed E-state index contributed by atoms with van der Waals surface area (Å²) in [6, 6.07) is 0.652. The highest BCUT2D eigenvalue weighted by Crippen LogP contribution is 2.43. The number of hydrogen-bond acceptors (Lipinski definition) is 2. The monoisotopic (exact) mass is 255 g/mol. The first-order valence-corrected chi connectivity index (χ1v) is 6.84. The van der Waals surface area contributed by atoms with E-state index in [1.54, 1.807) is 6.20 Å². The molecular weight excluding hydrogens is 234 g/mol. The van der Waals surface area contributed by atoms with Gasteiger partial charge in [0.2, 0.25) is 0 Å². The van der Waals surface area contributed by atoms with E-state index in [1.807, 2.05) is 11.7 Å². The Kier molecular flexibility index (Phi) is 3.79. The van der Waals surface area contributed by atoms with Crippen LogP contribution in [0.2, 0.25) is 5.02 Å². The number of nitrogens with one attached hydrogen (secondary N) is 1. The lowest BCUT2D eigenvalue weighted by molar-refractivity contribution is 0.339. The standard InChI is InChI=1S/C13H22ClN3/c1-8(2)17-13(11(14)7-16-17)12(15-4)9(3)10-5-6-10/h7-10,12,15H,5-6H2,1-4H3. The van der Waals surface area contributed by atoms with Crippen LogP contribution in [0.25, 0.3) is 0 Å². The number of nitrogens with zero attached hydrogens (tertiary/aromatic N) is 2. The second-order valence-corrected chi connectivity index (χ2v) is 5.79. The lowest BCUT2D eigenvalue weighted by Gasteiger charge is -2.26. The van der Waals surface area contributed by atoms with Crippen LogP contribution in [-0.2, 0) is 0 Å². The number of hydrogen-bond donors (Lipinski definition) is 1. The Balaban J connectivity index is 2.31. The van der Waals surface area contributed by atoms with E-state index in [2.05, 4.69) is 31.2 Å². The van der Waals surface area contributed by atoms with Crippen molar-refractivity contribution in [3.63, 3.8) is 0 Å². The smallest absolute Gasteiger partial charge is 0.0834 e. The van der Waals surface area contributed by atoms with E-state index in [-0.39, 0.29) is 0 Å². The summed E-state index contributed by atoms with van der Waals surface area (Å²) in [5.41, 5.74) is 1.14. The van der Waals surface area contributed by atoms with Crippen LogP contribution in [0.5, 0.6) is 0 Å². The molecular formula is C13H22ClN3. The normalized spacial score (nSPS) is 19.6. The quantitative estimate of drug-likeness (QED) is 0.874. The minimum Gasteiger partial charge on any atom is -0.311 e. The summed E-state index contributed by atoms with van der Waals surface area (Å²) in [5.74, 6) is 1.46. The second-order valence-electron chi connectivity index (χ2n) is 5.38. The van der Waals surface area contributed by atoms with Crippen molar-refractivity contribution >= 4 is 11.6 Å². The Bertz CT molecular complexity index is 382. The third kappa shape index (κ3) is 2.50. The van der Waals surface area contributed by atoms with Crippen LogP contribution in [0.4, 0.5) is 0 Å². The summed E-state index contributed by atoms with van der Waals surface area (Å²) < 4.78 is 2.04. The number of aromatic nitrogens is 2. The van der Waals surface area contributed by atoms with E-state index in [9.17, 15) is 0 Å². The second kappa shape index (κ2) is 4.99. The Morgan fingerprint density at radius 1 is 1.41 bits per heavy atom. The highest BCUT2D eigenvalue weighted by atomic mass is 35.5. The maximum Gasteiger partial charge on any atom is 0.0834 e. The first-order valence-electron chi connectivity index (χ1n) is 6.46. The van der Waals surface area contributed by atoms with Gasteiger partial charge in [0.25, 0.3) is 0 Å². The van der Waals surface area contributed by atoms with E-state index in [4.69, 9.17) is 11.6 Å². The SMILES string of the molecule is CNC(c1c(Cl)cnn1C(C)C)C(C)C1CC1. The molecule has 0 radical (unpaired) electrons. The van der Waals surface area contributed by atoms with Gasteiger partial charge in [-0.2, -0.15) is 5.10 Å². The van der Waals surface area contributed by atoms with Gasteiger partial charge in [-0.1, -0.05) is 18.5 Å². The van der Waals surface area contributed by atoms with Crippen LogP contribution in [0.1, 0.15) is 51.4 Å². The fourth-order valence-corrected chi connectivity index (χ4v) is 2.84. The molecule has 1 heterocycles. The van der Waals surface area contributed by atoms with Gasteiger partial charge >= 0.3 is 0 Å². The number of halogens is 1. The molecule has 0 spiro atoms. The molecule has 2 unspecified atom stereocenters. The van der Waals surface area contributed by atoms with E-state index in [1.165, 1.54) is 12.8 Å². The average Bonchev–Trinajstić information content (AvgIpc) is 3.05. The maximum atomic E-state index is 6.31. The van der Waals surface area contributed by atoms with Crippen molar-refractivity contribution in [1.29, 1.82) is 0 Å². The topological polar surface area (TPSA) is 29.9 Å². The predicted octanol–water partition coefficient (Wildman–Crippen LogP) is 3.42. The van der Waals surface area contributed by atoms with Gasteiger partial charge in [0.1, 0.15) is 0 Å². The van der Waals surface area contributed by atoms with E-state index < -0.39 is 0 Å². The van der Waals surface area contributed by atoms with Crippen molar-refractivity contribution in [2.45, 2.75) is 45.7 Å². The molecule has 4 heteroatoms. The highest BCUT2D eigenvalue weighted by molar-refractivity contribution is 6.31. The molecule has 2 rings (SSSR count). The summed E-state index contributed by atoms with van der Waals surface area (Å²) in [4.78, 5) is 0. The van der Waals surface area contributed by atoms with Gasteiger partial charge in [0.15, 0.2) is 0 Å². The summed E-state index contributed by atoms with van der Waals surface area (Å²) in [5, 5.41) is 8.59. The van der Waals surface area contributed by atoms with Crippen LogP contribution < -0.4 is 5.32 Å². The fraction of sp³-hybridized carbons (Fsp3) is 0.769. The highest BCUT2D eigenvalue weighted by Gasteiger charge is 2.35. The molecule has 0 saturated heterocycles. The Labute approximate surface area is 109 Å². The first kappa shape index (κ1) is 12.9. The summed E-state index contributed by atoms with van der Waals surface area (Å²) in [7, 11) is 2.01. The molecule has 1 aliphatic rings. The molecule has 3 nitrogen and oxygen atoms in total. The van der Waals surface area contributed by atoms with Crippen LogP contribution in [0.3, 0.4) is 0 Å². The molecule has 17 heavy (non-hydrogen) atoms. The van der Waals surface area contributed by atoms with Crippen molar-refractivity contribution < 1.29 is 0 Å². The van der Waals surface area contributed by atoms with Gasteiger partial charge in [-0.3, -0.25) is 4.68 Å². The van der Waals surface area contributed by atoms with Crippen LogP contribution >= 0.6 is 11.6 Å². The van der Waals surface area contributed by atoms with Crippen molar-refractivity contribution in [3.05, 3.63) is 16.9 Å². The number of rotatable bonds is 5. The molecule has 1 saturated carbocycles. The molecule has 0 aromatic carbocycles. The van der Waals surface area contributed by atoms with Gasteiger partial charge in [0.05, 0.1) is 23.0 Å². The summed E-state index contributed by atoms with van der Waals surface area (Å²) in [6.07, 6.45) is 4.47. The van der Waals surface area contributed by atoms with Gasteiger partial charge in [-0.25, -0.2) is 0 Å². The Hall–Kier alpha value is -0.540. The fourth-order valence-electron chi connectivity index (χ4n) is 2.60. The summed E-state index contributed by atoms with van der Waals surface area (Å²) >= 11 is 6.31. The maximum absolute atomic E-state index is 6.31. The Morgan fingerprint density at radius 2 is 2.06 bits per heavy atom.